The van der Waals surface area contributed by atoms with Crippen molar-refractivity contribution >= 4 is 17.3 Å². The van der Waals surface area contributed by atoms with Gasteiger partial charge in [-0.05, 0) is 43.3 Å². The second-order valence-corrected chi connectivity index (χ2v) is 7.39. The van der Waals surface area contributed by atoms with Gasteiger partial charge in [0.05, 0.1) is 6.54 Å². The number of aryl methyl sites for hydroxylation is 1. The van der Waals surface area contributed by atoms with Gasteiger partial charge in [0.25, 0.3) is 0 Å². The topological polar surface area (TPSA) is 39.7 Å². The molecule has 0 unspecified atom stereocenters. The van der Waals surface area contributed by atoms with E-state index in [1.807, 2.05) is 18.4 Å². The van der Waals surface area contributed by atoms with E-state index < -0.39 is 0 Å². The Morgan fingerprint density at radius 1 is 1.00 bits per heavy atom. The van der Waals surface area contributed by atoms with Gasteiger partial charge in [-0.2, -0.15) is 0 Å². The predicted octanol–water partition coefficient (Wildman–Crippen LogP) is 3.76. The molecular weight excluding hydrogens is 328 g/mol. The first-order valence-corrected chi connectivity index (χ1v) is 9.76. The minimum absolute atomic E-state index is 0.778. The van der Waals surface area contributed by atoms with Gasteiger partial charge >= 0.3 is 0 Å². The highest BCUT2D eigenvalue weighted by molar-refractivity contribution is 7.11. The minimum atomic E-state index is 0.778. The number of nitrogens with one attached hydrogen (secondary N) is 2. The largest absolute Gasteiger partial charge is 0.352 e. The number of nitrogens with zero attached hydrogens (tertiary/aromatic N) is 2. The smallest absolute Gasteiger partial charge is 0.191 e. The third kappa shape index (κ3) is 6.18. The van der Waals surface area contributed by atoms with Crippen LogP contribution in [0.1, 0.15) is 34.7 Å². The molecule has 0 atom stereocenters. The number of hydrogen-bond acceptors (Lipinski definition) is 3. The molecule has 0 fully saturated rings. The second-order valence-electron chi connectivity index (χ2n) is 6.02. The highest BCUT2D eigenvalue weighted by Crippen LogP contribution is 2.14. The minimum Gasteiger partial charge on any atom is -0.352 e. The van der Waals surface area contributed by atoms with Crippen LogP contribution < -0.4 is 10.6 Å². The molecule has 1 aromatic heterocycles. The molecule has 4 nitrogen and oxygen atoms in total. The van der Waals surface area contributed by atoms with Crippen molar-refractivity contribution in [2.75, 3.05) is 20.1 Å². The first-order valence-electron chi connectivity index (χ1n) is 8.95. The lowest BCUT2D eigenvalue weighted by molar-refractivity contribution is 0.295. The summed E-state index contributed by atoms with van der Waals surface area (Å²) in [5.74, 6) is 0.837. The van der Waals surface area contributed by atoms with Crippen molar-refractivity contribution in [3.8, 4) is 0 Å². The van der Waals surface area contributed by atoms with Crippen LogP contribution in [0.4, 0.5) is 0 Å². The first kappa shape index (κ1) is 19.5. The van der Waals surface area contributed by atoms with Gasteiger partial charge in [-0.15, -0.1) is 11.3 Å². The molecule has 0 aliphatic rings. The maximum atomic E-state index is 4.34. The lowest BCUT2D eigenvalue weighted by Gasteiger charge is -2.20. The van der Waals surface area contributed by atoms with Gasteiger partial charge in [-0.3, -0.25) is 9.89 Å². The Hall–Kier alpha value is -1.85. The van der Waals surface area contributed by atoms with Crippen molar-refractivity contribution in [3.63, 3.8) is 0 Å². The molecule has 0 radical (unpaired) electrons. The monoisotopic (exact) mass is 358 g/mol. The molecule has 1 heterocycles. The van der Waals surface area contributed by atoms with E-state index >= 15 is 0 Å². The summed E-state index contributed by atoms with van der Waals surface area (Å²) in [5.41, 5.74) is 2.70. The van der Waals surface area contributed by atoms with Crippen molar-refractivity contribution in [2.24, 2.45) is 4.99 Å². The Labute approximate surface area is 156 Å². The van der Waals surface area contributed by atoms with E-state index in [9.17, 15) is 0 Å². The van der Waals surface area contributed by atoms with Crippen molar-refractivity contribution in [1.29, 1.82) is 0 Å². The van der Waals surface area contributed by atoms with Gasteiger partial charge < -0.3 is 10.6 Å². The summed E-state index contributed by atoms with van der Waals surface area (Å²) in [7, 11) is 1.82. The molecule has 2 aromatic rings. The van der Waals surface area contributed by atoms with E-state index in [1.165, 1.54) is 20.9 Å². The summed E-state index contributed by atoms with van der Waals surface area (Å²) in [4.78, 5) is 9.43. The van der Waals surface area contributed by atoms with Gasteiger partial charge in [0.15, 0.2) is 5.96 Å². The fourth-order valence-electron chi connectivity index (χ4n) is 2.72. The molecule has 0 bridgehead atoms. The molecule has 5 heteroatoms. The Morgan fingerprint density at radius 3 is 2.28 bits per heavy atom. The Kier molecular flexibility index (Phi) is 7.95. The summed E-state index contributed by atoms with van der Waals surface area (Å²) in [6, 6.07) is 13.0. The molecule has 0 saturated heterocycles. The van der Waals surface area contributed by atoms with Crippen LogP contribution in [-0.4, -0.2) is 31.0 Å². The van der Waals surface area contributed by atoms with E-state index in [4.69, 9.17) is 0 Å². The van der Waals surface area contributed by atoms with E-state index in [2.05, 4.69) is 77.7 Å². The zero-order valence-electron chi connectivity index (χ0n) is 15.8. The quantitative estimate of drug-likeness (QED) is 0.557. The predicted molar refractivity (Wildman–Crippen MR) is 109 cm³/mol. The fourth-order valence-corrected chi connectivity index (χ4v) is 3.55. The lowest BCUT2D eigenvalue weighted by Crippen LogP contribution is -2.36. The Morgan fingerprint density at radius 2 is 1.68 bits per heavy atom. The highest BCUT2D eigenvalue weighted by atomic mass is 32.1. The summed E-state index contributed by atoms with van der Waals surface area (Å²) < 4.78 is 0. The Bertz CT molecular complexity index is 674. The van der Waals surface area contributed by atoms with Gasteiger partial charge in [0, 0.05) is 29.9 Å². The lowest BCUT2D eigenvalue weighted by atomic mass is 10.1. The molecule has 25 heavy (non-hydrogen) atoms. The Balaban J connectivity index is 1.92. The normalized spacial score (nSPS) is 11.8. The molecule has 0 aliphatic heterocycles. The first-order chi connectivity index (χ1) is 12.2. The van der Waals surface area contributed by atoms with Crippen LogP contribution in [0.25, 0.3) is 0 Å². The summed E-state index contributed by atoms with van der Waals surface area (Å²) in [6.45, 7) is 11.3. The van der Waals surface area contributed by atoms with Gasteiger partial charge in [0.2, 0.25) is 0 Å². The second kappa shape index (κ2) is 10.2. The number of rotatable bonds is 8. The van der Waals surface area contributed by atoms with Crippen LogP contribution in [0.3, 0.4) is 0 Å². The van der Waals surface area contributed by atoms with Crippen LogP contribution >= 0.6 is 11.3 Å². The van der Waals surface area contributed by atoms with Crippen molar-refractivity contribution < 1.29 is 0 Å². The van der Waals surface area contributed by atoms with Gasteiger partial charge in [0.1, 0.15) is 0 Å². The molecule has 0 amide bonds. The van der Waals surface area contributed by atoms with Crippen molar-refractivity contribution in [2.45, 2.75) is 40.4 Å². The summed E-state index contributed by atoms with van der Waals surface area (Å²) >= 11 is 1.82. The zero-order valence-corrected chi connectivity index (χ0v) is 16.6. The van der Waals surface area contributed by atoms with E-state index in [0.717, 1.165) is 38.7 Å². The number of aliphatic imine (C=N–C) groups is 1. The molecule has 1 aromatic carbocycles. The average molecular weight is 359 g/mol. The molecule has 2 rings (SSSR count). The summed E-state index contributed by atoms with van der Waals surface area (Å²) in [5, 5.41) is 6.83. The molecule has 2 N–H and O–H groups in total. The fraction of sp³-hybridized carbons (Fsp3) is 0.450. The molecule has 136 valence electrons. The third-order valence-corrected chi connectivity index (χ3v) is 5.30. The van der Waals surface area contributed by atoms with Crippen LogP contribution in [-0.2, 0) is 19.6 Å². The summed E-state index contributed by atoms with van der Waals surface area (Å²) in [6.07, 6.45) is 0. The molecule has 0 spiro atoms. The highest BCUT2D eigenvalue weighted by Gasteiger charge is 2.07. The third-order valence-electron chi connectivity index (χ3n) is 4.30. The molecule has 0 saturated carbocycles. The SMILES string of the molecule is CCN(CC)Cc1ccccc1CNC(=NC)NCc1ccc(C)s1. The number of hydrogen-bond donors (Lipinski definition) is 2. The molecule has 0 aliphatic carbocycles. The maximum absolute atomic E-state index is 4.34. The average Bonchev–Trinajstić information content (AvgIpc) is 3.06. The van der Waals surface area contributed by atoms with E-state index in [1.54, 1.807) is 0 Å². The van der Waals surface area contributed by atoms with Gasteiger partial charge in [-0.25, -0.2) is 0 Å². The molecular formula is C20H30N4S. The van der Waals surface area contributed by atoms with Crippen molar-refractivity contribution in [3.05, 3.63) is 57.3 Å². The maximum Gasteiger partial charge on any atom is 0.191 e. The number of benzene rings is 1. The van der Waals surface area contributed by atoms with Crippen molar-refractivity contribution in [1.82, 2.24) is 15.5 Å². The van der Waals surface area contributed by atoms with E-state index in [0.29, 0.717) is 0 Å². The number of thiophene rings is 1. The van der Waals surface area contributed by atoms with Gasteiger partial charge in [-0.1, -0.05) is 38.1 Å². The van der Waals surface area contributed by atoms with Crippen LogP contribution in [0, 0.1) is 6.92 Å². The zero-order chi connectivity index (χ0) is 18.1. The number of guanidine groups is 1. The van der Waals surface area contributed by atoms with E-state index in [-0.39, 0.29) is 0 Å². The standard InChI is InChI=1S/C20H30N4S/c1-5-24(6-2)15-18-10-8-7-9-17(18)13-22-20(21-4)23-14-19-12-11-16(3)25-19/h7-12H,5-6,13-15H2,1-4H3,(H2,21,22,23). The van der Waals surface area contributed by atoms with Crippen LogP contribution in [0.5, 0.6) is 0 Å². The van der Waals surface area contributed by atoms with Crippen LogP contribution in [0.2, 0.25) is 0 Å². The van der Waals surface area contributed by atoms with Crippen LogP contribution in [0.15, 0.2) is 41.4 Å².